The summed E-state index contributed by atoms with van der Waals surface area (Å²) in [7, 11) is 0. The Morgan fingerprint density at radius 2 is 1.74 bits per heavy atom. The Morgan fingerprint density at radius 1 is 1.04 bits per heavy atom. The van der Waals surface area contributed by atoms with Crippen LogP contribution in [0.2, 0.25) is 10.0 Å². The molecule has 0 bridgehead atoms. The second kappa shape index (κ2) is 6.89. The summed E-state index contributed by atoms with van der Waals surface area (Å²) < 4.78 is 5.93. The van der Waals surface area contributed by atoms with E-state index in [0.717, 1.165) is 22.3 Å². The smallest absolute Gasteiger partial charge is 0.227 e. The van der Waals surface area contributed by atoms with Crippen LogP contribution in [0.25, 0.3) is 33.7 Å². The second-order valence-corrected chi connectivity index (χ2v) is 7.08. The molecule has 0 saturated carbocycles. The summed E-state index contributed by atoms with van der Waals surface area (Å²) >= 11 is 12.7. The van der Waals surface area contributed by atoms with Gasteiger partial charge in [0.15, 0.2) is 5.58 Å². The minimum atomic E-state index is -0.111. The molecule has 3 aromatic carbocycles. The van der Waals surface area contributed by atoms with E-state index in [1.807, 2.05) is 37.3 Å². The number of benzene rings is 3. The molecule has 3 N–H and O–H groups in total. The third-order valence-corrected chi connectivity index (χ3v) is 5.27. The maximum Gasteiger partial charge on any atom is 0.227 e. The lowest BCUT2D eigenvalue weighted by Gasteiger charge is -2.12. The third-order valence-electron chi connectivity index (χ3n) is 4.57. The molecule has 0 fully saturated rings. The molecule has 4 nitrogen and oxygen atoms in total. The van der Waals surface area contributed by atoms with E-state index in [-0.39, 0.29) is 6.61 Å². The van der Waals surface area contributed by atoms with Gasteiger partial charge in [-0.1, -0.05) is 47.5 Å². The highest BCUT2D eigenvalue weighted by Crippen LogP contribution is 2.38. The van der Waals surface area contributed by atoms with E-state index in [4.69, 9.17) is 33.4 Å². The molecule has 4 rings (SSSR count). The van der Waals surface area contributed by atoms with Crippen LogP contribution in [-0.4, -0.2) is 10.1 Å². The molecule has 0 radical (unpaired) electrons. The maximum absolute atomic E-state index is 9.36. The van der Waals surface area contributed by atoms with Crippen molar-refractivity contribution in [3.05, 3.63) is 69.7 Å². The number of aromatic nitrogens is 1. The van der Waals surface area contributed by atoms with Gasteiger partial charge in [0.25, 0.3) is 0 Å². The first kappa shape index (κ1) is 17.9. The molecule has 1 heterocycles. The molecule has 0 aliphatic carbocycles. The Bertz CT molecular complexity index is 1170. The fourth-order valence-corrected chi connectivity index (χ4v) is 3.67. The van der Waals surface area contributed by atoms with Gasteiger partial charge < -0.3 is 15.3 Å². The first-order valence-corrected chi connectivity index (χ1v) is 9.09. The van der Waals surface area contributed by atoms with E-state index in [0.29, 0.717) is 38.3 Å². The van der Waals surface area contributed by atoms with E-state index < -0.39 is 0 Å². The van der Waals surface area contributed by atoms with E-state index in [1.54, 1.807) is 18.2 Å². The van der Waals surface area contributed by atoms with Crippen LogP contribution in [-0.2, 0) is 6.61 Å². The molecule has 0 unspecified atom stereocenters. The lowest BCUT2D eigenvalue weighted by molar-refractivity contribution is 0.282. The van der Waals surface area contributed by atoms with Crippen LogP contribution in [0.1, 0.15) is 11.1 Å². The summed E-state index contributed by atoms with van der Waals surface area (Å²) in [6, 6.07) is 14.9. The summed E-state index contributed by atoms with van der Waals surface area (Å²) in [5.41, 5.74) is 11.9. The van der Waals surface area contributed by atoms with Gasteiger partial charge in [0.05, 0.1) is 22.3 Å². The predicted octanol–water partition coefficient (Wildman–Crippen LogP) is 5.85. The van der Waals surface area contributed by atoms with Crippen molar-refractivity contribution in [3.63, 3.8) is 0 Å². The minimum absolute atomic E-state index is 0.111. The van der Waals surface area contributed by atoms with Crippen molar-refractivity contribution >= 4 is 40.0 Å². The number of oxazole rings is 1. The number of aliphatic hydroxyl groups is 1. The van der Waals surface area contributed by atoms with Crippen molar-refractivity contribution in [2.75, 3.05) is 5.73 Å². The molecule has 6 heteroatoms. The van der Waals surface area contributed by atoms with Gasteiger partial charge >= 0.3 is 0 Å². The van der Waals surface area contributed by atoms with Crippen molar-refractivity contribution in [2.45, 2.75) is 13.5 Å². The van der Waals surface area contributed by atoms with Gasteiger partial charge in [0.2, 0.25) is 5.89 Å². The van der Waals surface area contributed by atoms with Crippen LogP contribution in [0, 0.1) is 6.92 Å². The normalized spacial score (nSPS) is 11.3. The number of nitrogen functional groups attached to an aromatic ring is 1. The highest BCUT2D eigenvalue weighted by atomic mass is 35.5. The van der Waals surface area contributed by atoms with Gasteiger partial charge in [-0.05, 0) is 47.9 Å². The summed E-state index contributed by atoms with van der Waals surface area (Å²) in [6.07, 6.45) is 0. The average molecular weight is 399 g/mol. The zero-order valence-corrected chi connectivity index (χ0v) is 16.0. The van der Waals surface area contributed by atoms with Crippen LogP contribution < -0.4 is 5.73 Å². The summed E-state index contributed by atoms with van der Waals surface area (Å²) in [4.78, 5) is 4.57. The van der Waals surface area contributed by atoms with E-state index in [1.165, 1.54) is 0 Å². The van der Waals surface area contributed by atoms with Crippen LogP contribution >= 0.6 is 23.2 Å². The van der Waals surface area contributed by atoms with Gasteiger partial charge in [-0.25, -0.2) is 4.98 Å². The molecule has 0 atom stereocenters. The average Bonchev–Trinajstić information content (AvgIpc) is 3.09. The lowest BCUT2D eigenvalue weighted by atomic mass is 9.96. The molecule has 0 amide bonds. The molecule has 27 heavy (non-hydrogen) atoms. The fourth-order valence-electron chi connectivity index (χ4n) is 3.17. The van der Waals surface area contributed by atoms with Crippen LogP contribution in [0.3, 0.4) is 0 Å². The number of nitrogens with two attached hydrogens (primary N) is 1. The quantitative estimate of drug-likeness (QED) is 0.424. The lowest BCUT2D eigenvalue weighted by Crippen LogP contribution is -1.92. The second-order valence-electron chi connectivity index (χ2n) is 6.29. The first-order chi connectivity index (χ1) is 13.0. The molecule has 0 spiro atoms. The molecule has 0 aliphatic rings. The van der Waals surface area contributed by atoms with Crippen molar-refractivity contribution in [3.8, 4) is 22.6 Å². The first-order valence-electron chi connectivity index (χ1n) is 8.33. The van der Waals surface area contributed by atoms with E-state index in [9.17, 15) is 5.11 Å². The molecular weight excluding hydrogens is 383 g/mol. The highest BCUT2D eigenvalue weighted by molar-refractivity contribution is 6.36. The summed E-state index contributed by atoms with van der Waals surface area (Å²) in [6.45, 7) is 1.88. The van der Waals surface area contributed by atoms with Crippen molar-refractivity contribution < 1.29 is 9.52 Å². The van der Waals surface area contributed by atoms with Gasteiger partial charge in [0.1, 0.15) is 5.52 Å². The SMILES string of the molecule is Cc1c(-c2nc3cc(CO)cc(Cl)c3o2)cccc1-c1cccc(N)c1Cl. The zero-order chi connectivity index (χ0) is 19.1. The summed E-state index contributed by atoms with van der Waals surface area (Å²) in [5.74, 6) is 0.460. The number of rotatable bonds is 3. The monoisotopic (exact) mass is 398 g/mol. The van der Waals surface area contributed by atoms with Crippen LogP contribution in [0.15, 0.2) is 52.9 Å². The Hall–Kier alpha value is -2.53. The molecule has 0 saturated heterocycles. The maximum atomic E-state index is 9.36. The van der Waals surface area contributed by atoms with Gasteiger partial charge in [-0.3, -0.25) is 0 Å². The molecule has 1 aromatic heterocycles. The van der Waals surface area contributed by atoms with Gasteiger partial charge in [0, 0.05) is 11.1 Å². The van der Waals surface area contributed by atoms with Crippen molar-refractivity contribution in [2.24, 2.45) is 0 Å². The number of fused-ring (bicyclic) bond motifs is 1. The Morgan fingerprint density at radius 3 is 2.52 bits per heavy atom. The molecule has 0 aliphatic heterocycles. The Kier molecular flexibility index (Phi) is 4.56. The number of nitrogens with zero attached hydrogens (tertiary/aromatic N) is 1. The van der Waals surface area contributed by atoms with Crippen molar-refractivity contribution in [1.82, 2.24) is 4.98 Å². The van der Waals surface area contributed by atoms with Crippen LogP contribution in [0.4, 0.5) is 5.69 Å². The zero-order valence-electron chi connectivity index (χ0n) is 14.5. The number of halogens is 2. The van der Waals surface area contributed by atoms with E-state index >= 15 is 0 Å². The largest absolute Gasteiger partial charge is 0.434 e. The highest BCUT2D eigenvalue weighted by Gasteiger charge is 2.17. The number of hydrogen-bond donors (Lipinski definition) is 2. The molecule has 4 aromatic rings. The fraction of sp³-hybridized carbons (Fsp3) is 0.0952. The topological polar surface area (TPSA) is 72.3 Å². The van der Waals surface area contributed by atoms with Gasteiger partial charge in [-0.15, -0.1) is 0 Å². The Labute approximate surface area is 166 Å². The van der Waals surface area contributed by atoms with Crippen LogP contribution in [0.5, 0.6) is 0 Å². The predicted molar refractivity (Wildman–Crippen MR) is 110 cm³/mol. The van der Waals surface area contributed by atoms with Crippen molar-refractivity contribution in [1.29, 1.82) is 0 Å². The number of anilines is 1. The third kappa shape index (κ3) is 3.06. The van der Waals surface area contributed by atoms with E-state index in [2.05, 4.69) is 4.98 Å². The minimum Gasteiger partial charge on any atom is -0.434 e. The summed E-state index contributed by atoms with van der Waals surface area (Å²) in [5, 5.41) is 10.3. The molecular formula is C21H16Cl2N2O2. The van der Waals surface area contributed by atoms with Gasteiger partial charge in [-0.2, -0.15) is 0 Å². The Balaban J connectivity index is 1.90. The number of hydrogen-bond acceptors (Lipinski definition) is 4. The molecule has 136 valence electrons. The number of aliphatic hydroxyl groups excluding tert-OH is 1. The standard InChI is InChI=1S/C21H16Cl2N2O2/c1-11-13(15-6-3-7-17(24)19(15)23)4-2-5-14(11)21-25-18-9-12(10-26)8-16(22)20(18)27-21/h2-9,26H,10,24H2,1H3.